The van der Waals surface area contributed by atoms with Gasteiger partial charge in [-0.05, 0) is 13.8 Å². The first-order chi connectivity index (χ1) is 7.66. The minimum Gasteiger partial charge on any atom is -0.474 e. The van der Waals surface area contributed by atoms with Crippen molar-refractivity contribution in [2.45, 2.75) is 26.0 Å². The van der Waals surface area contributed by atoms with Crippen LogP contribution in [0.4, 0.5) is 5.82 Å². The Bertz CT molecular complexity index is 352. The lowest BCUT2D eigenvalue weighted by atomic mass is 10.1. The van der Waals surface area contributed by atoms with E-state index in [1.807, 2.05) is 20.9 Å². The summed E-state index contributed by atoms with van der Waals surface area (Å²) in [5, 5.41) is 3.24. The quantitative estimate of drug-likeness (QED) is 0.811. The molecule has 0 unspecified atom stereocenters. The van der Waals surface area contributed by atoms with E-state index in [-0.39, 0.29) is 6.10 Å². The molecule has 0 amide bonds. The Morgan fingerprint density at radius 2 is 2.19 bits per heavy atom. The van der Waals surface area contributed by atoms with Gasteiger partial charge in [-0.15, -0.1) is 0 Å². The highest BCUT2D eigenvalue weighted by Crippen LogP contribution is 2.17. The zero-order valence-electron chi connectivity index (χ0n) is 9.97. The van der Waals surface area contributed by atoms with Crippen molar-refractivity contribution in [3.8, 4) is 5.88 Å². The molecule has 1 aliphatic heterocycles. The number of hydrogen-bond donors (Lipinski definition) is 1. The van der Waals surface area contributed by atoms with E-state index in [1.165, 1.54) is 0 Å². The summed E-state index contributed by atoms with van der Waals surface area (Å²) in [5.41, 5.74) is 0. The summed E-state index contributed by atoms with van der Waals surface area (Å²) in [6.45, 7) is 5.97. The van der Waals surface area contributed by atoms with Gasteiger partial charge in [0.05, 0.1) is 24.5 Å². The van der Waals surface area contributed by atoms with Crippen molar-refractivity contribution in [1.82, 2.24) is 15.3 Å². The molecule has 5 nitrogen and oxygen atoms in total. The largest absolute Gasteiger partial charge is 0.474 e. The first kappa shape index (κ1) is 11.1. The predicted molar refractivity (Wildman–Crippen MR) is 62.9 cm³/mol. The van der Waals surface area contributed by atoms with Crippen molar-refractivity contribution in [1.29, 1.82) is 0 Å². The highest BCUT2D eigenvalue weighted by molar-refractivity contribution is 5.38. The molecule has 1 aromatic rings. The molecule has 0 aromatic carbocycles. The van der Waals surface area contributed by atoms with E-state index < -0.39 is 0 Å². The van der Waals surface area contributed by atoms with Crippen LogP contribution in [0.3, 0.4) is 0 Å². The van der Waals surface area contributed by atoms with Crippen molar-refractivity contribution in [3.05, 3.63) is 12.4 Å². The summed E-state index contributed by atoms with van der Waals surface area (Å²) in [6, 6.07) is 0.517. The second kappa shape index (κ2) is 4.65. The second-order valence-electron chi connectivity index (χ2n) is 4.31. The third-order valence-corrected chi connectivity index (χ3v) is 2.63. The van der Waals surface area contributed by atoms with Gasteiger partial charge in [0.15, 0.2) is 5.82 Å². The zero-order chi connectivity index (χ0) is 11.5. The number of nitrogens with one attached hydrogen (secondary N) is 1. The summed E-state index contributed by atoms with van der Waals surface area (Å²) in [6.07, 6.45) is 3.54. The fourth-order valence-electron chi connectivity index (χ4n) is 1.54. The number of aromatic nitrogens is 2. The fraction of sp³-hybridized carbons (Fsp3) is 0.636. The standard InChI is InChI=1S/C11H18N4O/c1-8(2)16-11-7-13-6-10(14-11)15(3)9-4-12-5-9/h6-9,12H,4-5H2,1-3H3. The summed E-state index contributed by atoms with van der Waals surface area (Å²) in [7, 11) is 2.04. The Hall–Kier alpha value is -1.36. The van der Waals surface area contributed by atoms with Gasteiger partial charge in [-0.1, -0.05) is 0 Å². The Morgan fingerprint density at radius 3 is 2.75 bits per heavy atom. The Balaban J connectivity index is 2.08. The molecule has 1 aliphatic rings. The van der Waals surface area contributed by atoms with Crippen LogP contribution in [0.25, 0.3) is 0 Å². The van der Waals surface area contributed by atoms with E-state index in [9.17, 15) is 0 Å². The van der Waals surface area contributed by atoms with E-state index in [0.717, 1.165) is 18.9 Å². The van der Waals surface area contributed by atoms with Gasteiger partial charge in [0, 0.05) is 20.1 Å². The monoisotopic (exact) mass is 222 g/mol. The number of nitrogens with zero attached hydrogens (tertiary/aromatic N) is 3. The van der Waals surface area contributed by atoms with Crippen molar-refractivity contribution < 1.29 is 4.74 Å². The van der Waals surface area contributed by atoms with Crippen LogP contribution >= 0.6 is 0 Å². The lowest BCUT2D eigenvalue weighted by Crippen LogP contribution is -2.56. The third-order valence-electron chi connectivity index (χ3n) is 2.63. The topological polar surface area (TPSA) is 50.3 Å². The van der Waals surface area contributed by atoms with Gasteiger partial charge in [0.2, 0.25) is 5.88 Å². The molecular formula is C11H18N4O. The molecule has 1 saturated heterocycles. The summed E-state index contributed by atoms with van der Waals surface area (Å²) < 4.78 is 5.52. The lowest BCUT2D eigenvalue weighted by molar-refractivity contribution is 0.231. The molecule has 1 aromatic heterocycles. The van der Waals surface area contributed by atoms with E-state index in [4.69, 9.17) is 4.74 Å². The van der Waals surface area contributed by atoms with Crippen LogP contribution in [-0.2, 0) is 0 Å². The third kappa shape index (κ3) is 2.41. The summed E-state index contributed by atoms with van der Waals surface area (Å²) in [4.78, 5) is 10.7. The van der Waals surface area contributed by atoms with Crippen LogP contribution in [-0.4, -0.2) is 42.3 Å². The van der Waals surface area contributed by atoms with E-state index >= 15 is 0 Å². The van der Waals surface area contributed by atoms with Gasteiger partial charge in [-0.3, -0.25) is 4.98 Å². The van der Waals surface area contributed by atoms with Crippen molar-refractivity contribution in [2.75, 3.05) is 25.0 Å². The SMILES string of the molecule is CC(C)Oc1cncc(N(C)C2CNC2)n1. The van der Waals surface area contributed by atoms with Crippen LogP contribution in [0.2, 0.25) is 0 Å². The first-order valence-electron chi connectivity index (χ1n) is 5.59. The van der Waals surface area contributed by atoms with Crippen molar-refractivity contribution >= 4 is 5.82 Å². The number of rotatable bonds is 4. The van der Waals surface area contributed by atoms with E-state index in [1.54, 1.807) is 12.4 Å². The fourth-order valence-corrected chi connectivity index (χ4v) is 1.54. The average molecular weight is 222 g/mol. The average Bonchev–Trinajstić information content (AvgIpc) is 2.14. The molecule has 0 spiro atoms. The predicted octanol–water partition coefficient (Wildman–Crippen LogP) is 0.672. The first-order valence-corrected chi connectivity index (χ1v) is 5.59. The molecule has 88 valence electrons. The van der Waals surface area contributed by atoms with Gasteiger partial charge >= 0.3 is 0 Å². The minimum atomic E-state index is 0.125. The maximum atomic E-state index is 5.52. The van der Waals surface area contributed by atoms with Crippen molar-refractivity contribution in [2.24, 2.45) is 0 Å². The molecule has 0 saturated carbocycles. The second-order valence-corrected chi connectivity index (χ2v) is 4.31. The number of ether oxygens (including phenoxy) is 1. The van der Waals surface area contributed by atoms with E-state index in [2.05, 4.69) is 20.2 Å². The number of anilines is 1. The van der Waals surface area contributed by atoms with Gasteiger partial charge in [-0.2, -0.15) is 4.98 Å². The summed E-state index contributed by atoms with van der Waals surface area (Å²) in [5.74, 6) is 1.45. The molecule has 0 radical (unpaired) electrons. The normalized spacial score (nSPS) is 16.0. The lowest BCUT2D eigenvalue weighted by Gasteiger charge is -2.36. The summed E-state index contributed by atoms with van der Waals surface area (Å²) >= 11 is 0. The highest BCUT2D eigenvalue weighted by atomic mass is 16.5. The van der Waals surface area contributed by atoms with E-state index in [0.29, 0.717) is 11.9 Å². The molecule has 2 heterocycles. The van der Waals surface area contributed by atoms with Crippen molar-refractivity contribution in [3.63, 3.8) is 0 Å². The molecule has 0 bridgehead atoms. The van der Waals surface area contributed by atoms with Gasteiger partial charge in [-0.25, -0.2) is 0 Å². The minimum absolute atomic E-state index is 0.125. The molecule has 2 rings (SSSR count). The van der Waals surface area contributed by atoms with Gasteiger partial charge in [0.25, 0.3) is 0 Å². The maximum Gasteiger partial charge on any atom is 0.234 e. The molecule has 5 heteroatoms. The Morgan fingerprint density at radius 1 is 1.44 bits per heavy atom. The van der Waals surface area contributed by atoms with Crippen LogP contribution in [0.5, 0.6) is 5.88 Å². The van der Waals surface area contributed by atoms with Crippen LogP contribution in [0.15, 0.2) is 12.4 Å². The Kier molecular flexibility index (Phi) is 3.24. The van der Waals surface area contributed by atoms with Crippen LogP contribution < -0.4 is 15.0 Å². The molecule has 0 aliphatic carbocycles. The maximum absolute atomic E-state index is 5.52. The Labute approximate surface area is 95.8 Å². The zero-order valence-corrected chi connectivity index (χ0v) is 9.97. The van der Waals surface area contributed by atoms with Crippen LogP contribution in [0.1, 0.15) is 13.8 Å². The number of hydrogen-bond acceptors (Lipinski definition) is 5. The smallest absolute Gasteiger partial charge is 0.234 e. The molecule has 0 atom stereocenters. The number of likely N-dealkylation sites (N-methyl/N-ethyl adjacent to an activating group) is 1. The molecular weight excluding hydrogens is 204 g/mol. The van der Waals surface area contributed by atoms with Crippen LogP contribution in [0, 0.1) is 0 Å². The molecule has 1 N–H and O–H groups in total. The highest BCUT2D eigenvalue weighted by Gasteiger charge is 2.22. The molecule has 16 heavy (non-hydrogen) atoms. The molecule has 1 fully saturated rings. The van der Waals surface area contributed by atoms with Gasteiger partial charge < -0.3 is 15.0 Å². The van der Waals surface area contributed by atoms with Gasteiger partial charge in [0.1, 0.15) is 0 Å².